The molecule has 2 aromatic carbocycles. The maximum Gasteiger partial charge on any atom is 0.254 e. The van der Waals surface area contributed by atoms with Crippen molar-refractivity contribution < 1.29 is 27.8 Å². The molecule has 0 N–H and O–H groups in total. The summed E-state index contributed by atoms with van der Waals surface area (Å²) in [6, 6.07) is 19.8. The fourth-order valence-electron chi connectivity index (χ4n) is 16.2. The number of nitrogens with zero attached hydrogens (tertiary/aromatic N) is 10. The summed E-state index contributed by atoms with van der Waals surface area (Å²) in [5.74, 6) is 5.74. The zero-order valence-electron chi connectivity index (χ0n) is 42.4. The Balaban J connectivity index is 0.687. The van der Waals surface area contributed by atoms with Crippen LogP contribution in [-0.4, -0.2) is 105 Å². The molecule has 0 radical (unpaired) electrons. The van der Waals surface area contributed by atoms with Gasteiger partial charge in [-0.2, -0.15) is 4.98 Å². The van der Waals surface area contributed by atoms with Crippen molar-refractivity contribution in [2.75, 3.05) is 27.3 Å². The standard InChI is InChI=1S/C59H58F2N10O4/c1-66-51-39(61)13-33(14-40(51)62-55(66)43-16-31-9-11-48(75-3)65-54(31)67(43)24-28-4-5-28)57(72)70-27-36-22-59(23-45(70)50(36)59)47-10-8-30-17-44(68(53(30)64-47)25-29-6-7-29)56-63-41-15-34(58(73)69-26-35-12-32-18-42(69)49(32)35)19-46(74-2)52(41)71(56)38-20-37(60)21-38/h8-11,13-17,19,28-29,32,35-38,42,45,49-50H,4-7,12,18,20-27H2,1-3H3/t32?,35-,36-,37-,38+,42-,45-,49-,50-,59?/m1/s1. The lowest BCUT2D eigenvalue weighted by Gasteiger charge is -2.63. The molecule has 8 heterocycles. The molecule has 6 aromatic heterocycles. The van der Waals surface area contributed by atoms with Crippen molar-refractivity contribution in [3.8, 4) is 34.7 Å². The van der Waals surface area contributed by atoms with Gasteiger partial charge >= 0.3 is 0 Å². The summed E-state index contributed by atoms with van der Waals surface area (Å²) in [7, 11) is 5.11. The van der Waals surface area contributed by atoms with Crippen LogP contribution in [0.1, 0.15) is 96.7 Å². The van der Waals surface area contributed by atoms with Crippen LogP contribution >= 0.6 is 0 Å². The van der Waals surface area contributed by atoms with Crippen LogP contribution in [0.15, 0.2) is 60.7 Å². The number of hydrogen-bond donors (Lipinski definition) is 0. The maximum atomic E-state index is 16.4. The van der Waals surface area contributed by atoms with E-state index in [-0.39, 0.29) is 35.2 Å². The first-order valence-corrected chi connectivity index (χ1v) is 27.6. The van der Waals surface area contributed by atoms with E-state index >= 15 is 4.39 Å². The Bertz CT molecular complexity index is 3840. The molecule has 7 aliphatic carbocycles. The second-order valence-electron chi connectivity index (χ2n) is 24.4. The van der Waals surface area contributed by atoms with Crippen LogP contribution in [0.3, 0.4) is 0 Å². The van der Waals surface area contributed by atoms with Gasteiger partial charge in [0.05, 0.1) is 36.6 Å². The Hall–Kier alpha value is -6.84. The monoisotopic (exact) mass is 1010 g/mol. The highest BCUT2D eigenvalue weighted by Crippen LogP contribution is 2.69. The van der Waals surface area contributed by atoms with Gasteiger partial charge in [0.25, 0.3) is 11.8 Å². The van der Waals surface area contributed by atoms with E-state index in [0.29, 0.717) is 100 Å². The van der Waals surface area contributed by atoms with Gasteiger partial charge < -0.3 is 37.5 Å². The van der Waals surface area contributed by atoms with Crippen molar-refractivity contribution in [1.82, 2.24) is 48.0 Å². The van der Waals surface area contributed by atoms with Gasteiger partial charge in [0.2, 0.25) is 5.88 Å². The van der Waals surface area contributed by atoms with Crippen LogP contribution < -0.4 is 9.47 Å². The second-order valence-corrected chi connectivity index (χ2v) is 24.4. The Morgan fingerprint density at radius 3 is 2.01 bits per heavy atom. The Kier molecular flexibility index (Phi) is 8.66. The number of ether oxygens (including phenoxy) is 2. The van der Waals surface area contributed by atoms with E-state index in [4.69, 9.17) is 29.4 Å². The predicted molar refractivity (Wildman–Crippen MR) is 277 cm³/mol. The number of alkyl halides is 1. The number of rotatable bonds is 12. The molecule has 14 nitrogen and oxygen atoms in total. The zero-order valence-corrected chi connectivity index (χ0v) is 42.4. The molecule has 2 unspecified atom stereocenters. The number of hydrogen-bond acceptors (Lipinski definition) is 8. The SMILES string of the molecule is COc1ccc2cc(-c3nc4cc(C(=O)N5C[C@H]6CC7(c8ccc9cc(-c%10nc%11cc(C(=O)N%12C[C@H]%13CC%14C[C@@H]%12[C@H]%14%13)cc(OC)c%11n%10[C@H]%10C[C@@H](F)C%10)n(CC%10CC%10)c9n8)C[C@@H]5[C@@H]67)cc(F)c4n3C)n(CC3CC3)c2n1. The van der Waals surface area contributed by atoms with Crippen molar-refractivity contribution in [2.45, 2.75) is 107 Å². The van der Waals surface area contributed by atoms with Crippen LogP contribution in [0.4, 0.5) is 8.78 Å². The summed E-state index contributed by atoms with van der Waals surface area (Å²) in [6.45, 7) is 3.06. The number of pyridine rings is 2. The fraction of sp³-hybridized carbons (Fsp3) is 0.492. The van der Waals surface area contributed by atoms with Crippen LogP contribution in [0.2, 0.25) is 0 Å². The number of carbonyl (C=O) groups excluding carboxylic acids is 2. The van der Waals surface area contributed by atoms with Crippen LogP contribution in [0, 0.1) is 47.2 Å². The highest BCUT2D eigenvalue weighted by atomic mass is 19.1. The average molecular weight is 1010 g/mol. The van der Waals surface area contributed by atoms with E-state index in [1.165, 1.54) is 12.5 Å². The van der Waals surface area contributed by atoms with E-state index in [1.54, 1.807) is 24.9 Å². The van der Waals surface area contributed by atoms with Crippen LogP contribution in [0.5, 0.6) is 11.6 Å². The summed E-state index contributed by atoms with van der Waals surface area (Å²) in [5, 5.41) is 1.99. The van der Waals surface area contributed by atoms with E-state index in [9.17, 15) is 14.0 Å². The number of aromatic nitrogens is 8. The molecule has 8 aromatic rings. The number of halogens is 2. The Morgan fingerprint density at radius 2 is 1.33 bits per heavy atom. The molecule has 0 bridgehead atoms. The fourth-order valence-corrected chi connectivity index (χ4v) is 16.2. The first-order valence-electron chi connectivity index (χ1n) is 27.6. The summed E-state index contributed by atoms with van der Waals surface area (Å²) in [4.78, 5) is 53.8. The average Bonchev–Trinajstić information content (AvgIpc) is 4.29. The molecule has 9 aliphatic rings. The van der Waals surface area contributed by atoms with Crippen molar-refractivity contribution in [3.05, 3.63) is 83.3 Å². The van der Waals surface area contributed by atoms with Crippen LogP contribution in [-0.2, 0) is 25.6 Å². The van der Waals surface area contributed by atoms with Gasteiger partial charge in [-0.25, -0.2) is 23.7 Å². The summed E-state index contributed by atoms with van der Waals surface area (Å²) < 4.78 is 51.4. The largest absolute Gasteiger partial charge is 0.494 e. The van der Waals surface area contributed by atoms with Gasteiger partial charge in [0.1, 0.15) is 40.1 Å². The van der Waals surface area contributed by atoms with E-state index in [0.717, 1.165) is 121 Å². The summed E-state index contributed by atoms with van der Waals surface area (Å²) in [5.41, 5.74) is 7.70. The molecule has 8 atom stereocenters. The Labute approximate surface area is 431 Å². The lowest BCUT2D eigenvalue weighted by Crippen LogP contribution is -2.65. The zero-order chi connectivity index (χ0) is 50.1. The number of benzene rings is 2. The third kappa shape index (κ3) is 5.94. The minimum absolute atomic E-state index is 0.0444. The van der Waals surface area contributed by atoms with E-state index in [1.807, 2.05) is 36.2 Å². The number of amides is 2. The topological polar surface area (TPSA) is 130 Å². The van der Waals surface area contributed by atoms with Crippen molar-refractivity contribution in [2.24, 2.45) is 48.5 Å². The Morgan fingerprint density at radius 1 is 0.680 bits per heavy atom. The number of carbonyl (C=O) groups is 2. The molecule has 382 valence electrons. The van der Waals surface area contributed by atoms with Gasteiger partial charge in [-0.3, -0.25) is 9.59 Å². The van der Waals surface area contributed by atoms with Crippen molar-refractivity contribution >= 4 is 55.9 Å². The lowest BCUT2D eigenvalue weighted by atomic mass is 9.41. The molecular weight excluding hydrogens is 951 g/mol. The highest BCUT2D eigenvalue weighted by Gasteiger charge is 2.72. The molecule has 7 saturated carbocycles. The summed E-state index contributed by atoms with van der Waals surface area (Å²) in [6.07, 6.45) is 8.64. The third-order valence-electron chi connectivity index (χ3n) is 20.4. The maximum absolute atomic E-state index is 16.4. The van der Waals surface area contributed by atoms with E-state index in [2.05, 4.69) is 42.9 Å². The highest BCUT2D eigenvalue weighted by molar-refractivity contribution is 6.01. The molecule has 17 rings (SSSR count). The van der Waals surface area contributed by atoms with Gasteiger partial charge in [-0.05, 0) is 160 Å². The molecule has 9 fully saturated rings. The molecule has 2 saturated heterocycles. The van der Waals surface area contributed by atoms with E-state index < -0.39 is 12.0 Å². The molecule has 75 heavy (non-hydrogen) atoms. The molecule has 0 spiro atoms. The molecule has 2 amide bonds. The van der Waals surface area contributed by atoms with Gasteiger partial charge in [0, 0.05) is 90.4 Å². The van der Waals surface area contributed by atoms with Crippen molar-refractivity contribution in [3.63, 3.8) is 0 Å². The minimum Gasteiger partial charge on any atom is -0.494 e. The quantitative estimate of drug-likeness (QED) is 0.118. The molecule has 2 aliphatic heterocycles. The molecular formula is C59H58F2N10O4. The lowest BCUT2D eigenvalue weighted by molar-refractivity contribution is -0.0616. The second kappa shape index (κ2) is 15.0. The first-order chi connectivity index (χ1) is 36.5. The van der Waals surface area contributed by atoms with Crippen LogP contribution in [0.25, 0.3) is 67.2 Å². The minimum atomic E-state index is -0.880. The van der Waals surface area contributed by atoms with Gasteiger partial charge in [0.15, 0.2) is 11.6 Å². The van der Waals surface area contributed by atoms with Gasteiger partial charge in [-0.1, -0.05) is 0 Å². The van der Waals surface area contributed by atoms with Gasteiger partial charge in [-0.15, -0.1) is 0 Å². The molecule has 16 heteroatoms. The number of methoxy groups -OCH3 is 2. The number of fused-ring (bicyclic) bond motifs is 4. The number of aryl methyl sites for hydroxylation is 1. The first kappa shape index (κ1) is 43.4. The third-order valence-corrected chi connectivity index (χ3v) is 20.4. The number of imidazole rings is 2. The predicted octanol–water partition coefficient (Wildman–Crippen LogP) is 9.89. The summed E-state index contributed by atoms with van der Waals surface area (Å²) >= 11 is 0. The smallest absolute Gasteiger partial charge is 0.254 e. The van der Waals surface area contributed by atoms with Crippen molar-refractivity contribution in [1.29, 1.82) is 0 Å². The number of likely N-dealkylation sites (tertiary alicyclic amines) is 2. The normalized spacial score (nSPS) is 29.8.